The molecule has 0 heterocycles. The van der Waals surface area contributed by atoms with E-state index in [1.807, 2.05) is 26.0 Å². The highest BCUT2D eigenvalue weighted by molar-refractivity contribution is 6.66. The molecule has 3 rings (SSSR count). The minimum Gasteiger partial charge on any atom is -0.504 e. The molecule has 0 aromatic heterocycles. The summed E-state index contributed by atoms with van der Waals surface area (Å²) in [5.74, 6) is -0.192. The number of ether oxygens (including phenoxy) is 2. The van der Waals surface area contributed by atoms with E-state index in [0.29, 0.717) is 17.7 Å². The van der Waals surface area contributed by atoms with Crippen LogP contribution >= 0.6 is 23.2 Å². The average Bonchev–Trinajstić information content (AvgIpc) is 2.89. The van der Waals surface area contributed by atoms with Gasteiger partial charge in [-0.1, -0.05) is 36.2 Å². The lowest BCUT2D eigenvalue weighted by Crippen LogP contribution is -2.32. The topological polar surface area (TPSA) is 131 Å². The lowest BCUT2D eigenvalue weighted by Gasteiger charge is -2.21. The van der Waals surface area contributed by atoms with Crippen molar-refractivity contribution in [2.45, 2.75) is 40.2 Å². The lowest BCUT2D eigenvalue weighted by atomic mass is 10.1. The molecule has 3 aromatic carbocycles. The summed E-state index contributed by atoms with van der Waals surface area (Å²) in [5, 5.41) is 23.6. The first-order valence-electron chi connectivity index (χ1n) is 11.8. The zero-order chi connectivity index (χ0) is 29.0. The van der Waals surface area contributed by atoms with Gasteiger partial charge in [0.1, 0.15) is 11.5 Å². The van der Waals surface area contributed by atoms with Crippen LogP contribution in [-0.4, -0.2) is 34.5 Å². The predicted molar refractivity (Wildman–Crippen MR) is 150 cm³/mol. The largest absolute Gasteiger partial charge is 0.504 e. The molecule has 1 atom stereocenters. The number of nitrogens with zero attached hydrogens (tertiary/aromatic N) is 2. The van der Waals surface area contributed by atoms with Crippen molar-refractivity contribution in [3.05, 3.63) is 74.3 Å². The Hall–Kier alpha value is -4.02. The van der Waals surface area contributed by atoms with Crippen molar-refractivity contribution in [3.8, 4) is 23.0 Å². The van der Waals surface area contributed by atoms with E-state index in [2.05, 4.69) is 5.32 Å². The fourth-order valence-corrected chi connectivity index (χ4v) is 4.00. The molecule has 0 saturated heterocycles. The molecule has 0 aliphatic heterocycles. The Kier molecular flexibility index (Phi) is 9.26. The molecule has 2 amide bonds. The van der Waals surface area contributed by atoms with E-state index in [0.717, 1.165) is 22.1 Å². The second-order valence-electron chi connectivity index (χ2n) is 8.81. The Balaban J connectivity index is 1.95. The van der Waals surface area contributed by atoms with Crippen LogP contribution < -0.4 is 19.7 Å². The van der Waals surface area contributed by atoms with Gasteiger partial charge in [-0.2, -0.15) is 0 Å². The lowest BCUT2D eigenvalue weighted by molar-refractivity contribution is -0.384. The molecule has 0 radical (unpaired) electrons. The van der Waals surface area contributed by atoms with Crippen molar-refractivity contribution in [2.75, 3.05) is 17.3 Å². The monoisotopic (exact) mass is 575 g/mol. The molecular weight excluding hydrogens is 549 g/mol. The van der Waals surface area contributed by atoms with Gasteiger partial charge in [-0.05, 0) is 56.5 Å². The zero-order valence-electron chi connectivity index (χ0n) is 21.9. The molecule has 0 bridgehead atoms. The highest BCUT2D eigenvalue weighted by atomic mass is 35.5. The van der Waals surface area contributed by atoms with Crippen molar-refractivity contribution >= 4 is 51.5 Å². The SMILES string of the molecule is CCC(Oc1ccc(C)cc1C)C(=O)Nc1cc(Oc2ccc([N+](=O)[O-])cc2N(C)C(=O)Cl)c(C)c(Cl)c1O. The van der Waals surface area contributed by atoms with E-state index in [1.165, 1.54) is 25.2 Å². The number of aromatic hydroxyl groups is 1. The molecular formula is C27H27Cl2N3O7. The number of hydrogen-bond acceptors (Lipinski definition) is 7. The van der Waals surface area contributed by atoms with E-state index >= 15 is 0 Å². The number of phenolic OH excluding ortho intramolecular Hbond substituents is 1. The van der Waals surface area contributed by atoms with Gasteiger partial charge in [-0.25, -0.2) is 0 Å². The number of amides is 2. The van der Waals surface area contributed by atoms with Crippen LogP contribution in [0, 0.1) is 30.9 Å². The summed E-state index contributed by atoms with van der Waals surface area (Å²) in [5.41, 5.74) is 1.93. The number of carbonyl (C=O) groups excluding carboxylic acids is 2. The number of nitro benzene ring substituents is 1. The molecule has 0 aliphatic carbocycles. The maximum atomic E-state index is 13.1. The molecule has 10 nitrogen and oxygen atoms in total. The fraction of sp³-hybridized carbons (Fsp3) is 0.259. The molecule has 39 heavy (non-hydrogen) atoms. The third-order valence-corrected chi connectivity index (χ3v) is 6.67. The van der Waals surface area contributed by atoms with Crippen molar-refractivity contribution < 1.29 is 29.1 Å². The van der Waals surface area contributed by atoms with Crippen LogP contribution in [0.4, 0.5) is 21.9 Å². The maximum absolute atomic E-state index is 13.1. The van der Waals surface area contributed by atoms with E-state index < -0.39 is 22.3 Å². The second-order valence-corrected chi connectivity index (χ2v) is 9.51. The Labute approximate surface area is 235 Å². The number of nitro groups is 1. The molecule has 0 fully saturated rings. The van der Waals surface area contributed by atoms with Gasteiger partial charge in [-0.15, -0.1) is 0 Å². The number of anilines is 2. The Morgan fingerprint density at radius 3 is 2.36 bits per heavy atom. The van der Waals surface area contributed by atoms with Gasteiger partial charge in [0.05, 0.1) is 21.3 Å². The van der Waals surface area contributed by atoms with Crippen molar-refractivity contribution in [3.63, 3.8) is 0 Å². The van der Waals surface area contributed by atoms with Crippen LogP contribution in [0.15, 0.2) is 42.5 Å². The number of benzene rings is 3. The summed E-state index contributed by atoms with van der Waals surface area (Å²) in [4.78, 5) is 36.5. The molecule has 0 saturated carbocycles. The highest BCUT2D eigenvalue weighted by Gasteiger charge is 2.24. The van der Waals surface area contributed by atoms with E-state index in [4.69, 9.17) is 32.7 Å². The highest BCUT2D eigenvalue weighted by Crippen LogP contribution is 2.44. The predicted octanol–water partition coefficient (Wildman–Crippen LogP) is 7.26. The van der Waals surface area contributed by atoms with E-state index in [1.54, 1.807) is 19.9 Å². The van der Waals surface area contributed by atoms with Crippen LogP contribution in [0.3, 0.4) is 0 Å². The molecule has 3 aromatic rings. The average molecular weight is 576 g/mol. The number of hydrogen-bond donors (Lipinski definition) is 2. The molecule has 2 N–H and O–H groups in total. The number of carbonyl (C=O) groups is 2. The van der Waals surface area contributed by atoms with Gasteiger partial charge in [0.15, 0.2) is 17.6 Å². The molecule has 12 heteroatoms. The zero-order valence-corrected chi connectivity index (χ0v) is 23.4. The summed E-state index contributed by atoms with van der Waals surface area (Å²) in [6.07, 6.45) is -0.534. The molecule has 0 aliphatic rings. The van der Waals surface area contributed by atoms with Crippen molar-refractivity contribution in [1.82, 2.24) is 0 Å². The number of aryl methyl sites for hydroxylation is 2. The smallest absolute Gasteiger partial charge is 0.320 e. The fourth-order valence-electron chi connectivity index (χ4n) is 3.71. The van der Waals surface area contributed by atoms with Gasteiger partial charge < -0.3 is 19.9 Å². The van der Waals surface area contributed by atoms with Crippen LogP contribution in [-0.2, 0) is 4.79 Å². The number of nitrogens with one attached hydrogen (secondary N) is 1. The third-order valence-electron chi connectivity index (χ3n) is 5.96. The van der Waals surface area contributed by atoms with E-state index in [-0.39, 0.29) is 39.3 Å². The molecule has 0 spiro atoms. The molecule has 206 valence electrons. The summed E-state index contributed by atoms with van der Waals surface area (Å²) >= 11 is 11.9. The van der Waals surface area contributed by atoms with Gasteiger partial charge in [0, 0.05) is 30.8 Å². The first-order valence-corrected chi connectivity index (χ1v) is 12.6. The summed E-state index contributed by atoms with van der Waals surface area (Å²) < 4.78 is 11.9. The van der Waals surface area contributed by atoms with Crippen LogP contribution in [0.25, 0.3) is 0 Å². The Morgan fingerprint density at radius 1 is 1.10 bits per heavy atom. The van der Waals surface area contributed by atoms with Gasteiger partial charge in [-0.3, -0.25) is 24.6 Å². The minimum atomic E-state index is -0.900. The molecule has 1 unspecified atom stereocenters. The van der Waals surface area contributed by atoms with Gasteiger partial charge in [0.25, 0.3) is 11.6 Å². The number of rotatable bonds is 9. The van der Waals surface area contributed by atoms with Crippen LogP contribution in [0.5, 0.6) is 23.0 Å². The Bertz CT molecular complexity index is 1450. The van der Waals surface area contributed by atoms with Crippen molar-refractivity contribution in [1.29, 1.82) is 0 Å². The third kappa shape index (κ3) is 6.71. The normalized spacial score (nSPS) is 11.5. The standard InChI is InChI=1S/C27H27Cl2N3O7/c1-6-20(38-21-9-7-14(2)11-15(21)3)26(34)30-18-13-23(16(4)24(28)25(18)33)39-22-10-8-17(32(36)37)12-19(22)31(5)27(29)35/h7-13,20,33H,6H2,1-5H3,(H,30,34). The minimum absolute atomic E-state index is 0.0197. The number of non-ortho nitro benzene ring substituents is 1. The van der Waals surface area contributed by atoms with Crippen molar-refractivity contribution in [2.24, 2.45) is 0 Å². The number of halogens is 2. The summed E-state index contributed by atoms with van der Waals surface area (Å²) in [7, 11) is 1.32. The first kappa shape index (κ1) is 29.5. The first-order chi connectivity index (χ1) is 18.3. The Morgan fingerprint density at radius 2 is 1.77 bits per heavy atom. The second kappa shape index (κ2) is 12.2. The van der Waals surface area contributed by atoms with Crippen LogP contribution in [0.1, 0.15) is 30.0 Å². The van der Waals surface area contributed by atoms with Gasteiger partial charge >= 0.3 is 5.37 Å². The summed E-state index contributed by atoms with van der Waals surface area (Å²) in [6, 6.07) is 10.6. The van der Waals surface area contributed by atoms with E-state index in [9.17, 15) is 24.8 Å². The number of phenols is 1. The van der Waals surface area contributed by atoms with Gasteiger partial charge in [0.2, 0.25) is 0 Å². The maximum Gasteiger partial charge on any atom is 0.320 e. The summed E-state index contributed by atoms with van der Waals surface area (Å²) in [6.45, 7) is 7.19. The van der Waals surface area contributed by atoms with Crippen LogP contribution in [0.2, 0.25) is 5.02 Å². The quantitative estimate of drug-likeness (QED) is 0.0901.